The summed E-state index contributed by atoms with van der Waals surface area (Å²) in [5.41, 5.74) is 8.59. The molecule has 3 heterocycles. The van der Waals surface area contributed by atoms with Gasteiger partial charge in [-0.3, -0.25) is 9.59 Å². The van der Waals surface area contributed by atoms with Crippen molar-refractivity contribution in [2.75, 3.05) is 16.8 Å². The van der Waals surface area contributed by atoms with Gasteiger partial charge in [-0.1, -0.05) is 54.6 Å². The minimum absolute atomic E-state index is 0.0511. The number of nitrogens with zero attached hydrogens (tertiary/aromatic N) is 1. The monoisotopic (exact) mass is 545 g/mol. The van der Waals surface area contributed by atoms with E-state index in [-0.39, 0.29) is 11.8 Å². The highest BCUT2D eigenvalue weighted by molar-refractivity contribution is 6.16. The number of nitrogens with one attached hydrogen (secondary N) is 2. The Hall–Kier alpha value is -4.58. The van der Waals surface area contributed by atoms with E-state index < -0.39 is 11.5 Å². The first-order valence-electron chi connectivity index (χ1n) is 14.1. The number of amides is 2. The predicted octanol–water partition coefficient (Wildman–Crippen LogP) is 7.62. The lowest BCUT2D eigenvalue weighted by atomic mass is 9.85. The van der Waals surface area contributed by atoms with E-state index >= 15 is 0 Å². The summed E-state index contributed by atoms with van der Waals surface area (Å²) in [7, 11) is 0. The molecule has 0 aliphatic carbocycles. The quantitative estimate of drug-likeness (QED) is 0.262. The Labute approximate surface area is 241 Å². The molecular formula is C35H35N3O3. The van der Waals surface area contributed by atoms with Crippen LogP contribution < -0.4 is 15.0 Å². The first-order valence-corrected chi connectivity index (χ1v) is 14.1. The highest BCUT2D eigenvalue weighted by Crippen LogP contribution is 2.54. The molecule has 0 saturated carbocycles. The number of rotatable bonds is 6. The van der Waals surface area contributed by atoms with Crippen molar-refractivity contribution in [3.8, 4) is 17.0 Å². The average molecular weight is 546 g/mol. The van der Waals surface area contributed by atoms with Crippen molar-refractivity contribution in [3.05, 3.63) is 106 Å². The molecule has 1 atom stereocenters. The van der Waals surface area contributed by atoms with E-state index in [0.717, 1.165) is 44.9 Å². The van der Waals surface area contributed by atoms with Gasteiger partial charge in [0.2, 0.25) is 5.91 Å². The van der Waals surface area contributed by atoms with Crippen LogP contribution in [0.4, 0.5) is 11.4 Å². The number of aryl methyl sites for hydroxylation is 2. The van der Waals surface area contributed by atoms with E-state index in [1.807, 2.05) is 92.4 Å². The normalized spacial score (nSPS) is 16.8. The molecule has 2 aliphatic heterocycles. The molecule has 2 N–H and O–H groups in total. The highest BCUT2D eigenvalue weighted by Gasteiger charge is 2.50. The van der Waals surface area contributed by atoms with Crippen LogP contribution in [0.5, 0.6) is 5.75 Å². The number of benzene rings is 3. The number of aromatic nitrogens is 1. The zero-order chi connectivity index (χ0) is 29.1. The molecule has 0 fully saturated rings. The van der Waals surface area contributed by atoms with Gasteiger partial charge in [0.1, 0.15) is 5.75 Å². The van der Waals surface area contributed by atoms with Crippen LogP contribution in [0.25, 0.3) is 16.8 Å². The highest BCUT2D eigenvalue weighted by atomic mass is 16.5. The molecule has 6 heteroatoms. The number of hydrogen-bond donors (Lipinski definition) is 2. The molecule has 1 unspecified atom stereocenters. The van der Waals surface area contributed by atoms with Gasteiger partial charge in [-0.05, 0) is 82.0 Å². The van der Waals surface area contributed by atoms with Crippen molar-refractivity contribution in [2.24, 2.45) is 0 Å². The molecular weight excluding hydrogens is 510 g/mol. The third-order valence-corrected chi connectivity index (χ3v) is 8.19. The summed E-state index contributed by atoms with van der Waals surface area (Å²) in [5, 5.41) is 3.12. The number of aromatic amines is 1. The summed E-state index contributed by atoms with van der Waals surface area (Å²) in [5.74, 6) is -0.277. The number of para-hydroxylation sites is 1. The molecule has 6 rings (SSSR count). The molecule has 0 radical (unpaired) electrons. The van der Waals surface area contributed by atoms with Gasteiger partial charge in [0.05, 0.1) is 35.0 Å². The third-order valence-electron chi connectivity index (χ3n) is 8.19. The predicted molar refractivity (Wildman–Crippen MR) is 165 cm³/mol. The summed E-state index contributed by atoms with van der Waals surface area (Å²) in [6.45, 7) is 12.5. The van der Waals surface area contributed by atoms with Crippen molar-refractivity contribution in [3.63, 3.8) is 0 Å². The maximum absolute atomic E-state index is 14.7. The lowest BCUT2D eigenvalue weighted by Crippen LogP contribution is -2.47. The fraction of sp³-hybridized carbons (Fsp3) is 0.257. The summed E-state index contributed by atoms with van der Waals surface area (Å²) in [6, 6.07) is 21.6. The number of anilines is 2. The van der Waals surface area contributed by atoms with Crippen molar-refractivity contribution in [1.29, 1.82) is 0 Å². The van der Waals surface area contributed by atoms with Gasteiger partial charge in [0, 0.05) is 22.5 Å². The second-order valence-corrected chi connectivity index (χ2v) is 11.5. The Kier molecular flexibility index (Phi) is 6.37. The van der Waals surface area contributed by atoms with Crippen molar-refractivity contribution in [1.82, 2.24) is 4.98 Å². The van der Waals surface area contributed by atoms with E-state index in [2.05, 4.69) is 37.1 Å². The lowest BCUT2D eigenvalue weighted by Gasteiger charge is -2.39. The Morgan fingerprint density at radius 1 is 1.02 bits per heavy atom. The molecule has 0 saturated heterocycles. The van der Waals surface area contributed by atoms with Crippen LogP contribution >= 0.6 is 0 Å². The Bertz CT molecular complexity index is 1730. The summed E-state index contributed by atoms with van der Waals surface area (Å²) >= 11 is 0. The van der Waals surface area contributed by atoms with E-state index in [9.17, 15) is 9.59 Å². The average Bonchev–Trinajstić information content (AvgIpc) is 3.42. The lowest BCUT2D eigenvalue weighted by molar-refractivity contribution is -0.119. The zero-order valence-electron chi connectivity index (χ0n) is 24.4. The number of hydrogen-bond acceptors (Lipinski definition) is 3. The molecule has 2 aliphatic rings. The molecule has 208 valence electrons. The Morgan fingerprint density at radius 2 is 1.73 bits per heavy atom. The summed E-state index contributed by atoms with van der Waals surface area (Å²) < 4.78 is 6.00. The standard InChI is InChI=1S/C35H35N3O3/c1-7-41-24-17-25-21(3)19-35(5,6)38-32(25)26(18-24)29(34(38)40)30-28(33(39)37-27-16-12-11-13-20(27)2)22(4)36-31(30)23-14-9-8-10-15-23/h8-19,29,36H,7H2,1-6H3,(H,37,39). The first-order chi connectivity index (χ1) is 19.6. The molecule has 6 nitrogen and oxygen atoms in total. The van der Waals surface area contributed by atoms with Crippen LogP contribution in [-0.4, -0.2) is 28.9 Å². The second-order valence-electron chi connectivity index (χ2n) is 11.5. The number of ether oxygens (including phenoxy) is 1. The number of H-pyrrole nitrogens is 1. The van der Waals surface area contributed by atoms with Crippen LogP contribution in [-0.2, 0) is 4.79 Å². The largest absolute Gasteiger partial charge is 0.494 e. The van der Waals surface area contributed by atoms with Crippen molar-refractivity contribution < 1.29 is 14.3 Å². The van der Waals surface area contributed by atoms with Gasteiger partial charge in [0.15, 0.2) is 0 Å². The number of carbonyl (C=O) groups excluding carboxylic acids is 2. The van der Waals surface area contributed by atoms with Gasteiger partial charge in [-0.25, -0.2) is 0 Å². The molecule has 41 heavy (non-hydrogen) atoms. The molecule has 3 aromatic carbocycles. The molecule has 0 spiro atoms. The fourth-order valence-electron chi connectivity index (χ4n) is 6.50. The number of carbonyl (C=O) groups is 2. The molecule has 4 aromatic rings. The van der Waals surface area contributed by atoms with Crippen LogP contribution in [0, 0.1) is 13.8 Å². The first kappa shape index (κ1) is 26.6. The SMILES string of the molecule is CCOc1cc2c3c(c1)C(c1c(-c4ccccc4)[nH]c(C)c1C(=O)Nc1ccccc1C)C(=O)N3C(C)(C)C=C2C. The summed E-state index contributed by atoms with van der Waals surface area (Å²) in [4.78, 5) is 34.2. The number of allylic oxidation sites excluding steroid dienone is 1. The van der Waals surface area contributed by atoms with E-state index in [1.54, 1.807) is 0 Å². The topological polar surface area (TPSA) is 74.4 Å². The van der Waals surface area contributed by atoms with Gasteiger partial charge in [-0.15, -0.1) is 0 Å². The van der Waals surface area contributed by atoms with Gasteiger partial charge >= 0.3 is 0 Å². The molecule has 1 aromatic heterocycles. The molecule has 0 bridgehead atoms. The summed E-state index contributed by atoms with van der Waals surface area (Å²) in [6.07, 6.45) is 2.14. The zero-order valence-corrected chi connectivity index (χ0v) is 24.4. The van der Waals surface area contributed by atoms with E-state index in [0.29, 0.717) is 29.2 Å². The smallest absolute Gasteiger partial charge is 0.257 e. The van der Waals surface area contributed by atoms with Crippen molar-refractivity contribution >= 4 is 28.8 Å². The Balaban J connectivity index is 1.62. The minimum atomic E-state index is -0.694. The van der Waals surface area contributed by atoms with Crippen molar-refractivity contribution in [2.45, 2.75) is 53.0 Å². The Morgan fingerprint density at radius 3 is 2.44 bits per heavy atom. The van der Waals surface area contributed by atoms with Gasteiger partial charge in [0.25, 0.3) is 5.91 Å². The molecule has 2 amide bonds. The van der Waals surface area contributed by atoms with Gasteiger partial charge < -0.3 is 19.9 Å². The van der Waals surface area contributed by atoms with E-state index in [1.165, 1.54) is 0 Å². The maximum Gasteiger partial charge on any atom is 0.257 e. The van der Waals surface area contributed by atoms with Crippen LogP contribution in [0.1, 0.15) is 71.9 Å². The second kappa shape index (κ2) is 9.81. The fourth-order valence-corrected chi connectivity index (χ4v) is 6.50. The third kappa shape index (κ3) is 4.26. The van der Waals surface area contributed by atoms with Gasteiger partial charge in [-0.2, -0.15) is 0 Å². The van der Waals surface area contributed by atoms with Crippen LogP contribution in [0.3, 0.4) is 0 Å². The minimum Gasteiger partial charge on any atom is -0.494 e. The van der Waals surface area contributed by atoms with Crippen LogP contribution in [0.15, 0.2) is 72.8 Å². The van der Waals surface area contributed by atoms with Crippen LogP contribution in [0.2, 0.25) is 0 Å². The van der Waals surface area contributed by atoms with E-state index in [4.69, 9.17) is 4.74 Å². The maximum atomic E-state index is 14.7.